The van der Waals surface area contributed by atoms with Gasteiger partial charge in [-0.3, -0.25) is 0 Å². The van der Waals surface area contributed by atoms with Crippen LogP contribution in [0.15, 0.2) is 24.3 Å². The molecule has 2 rings (SSSR count). The highest BCUT2D eigenvalue weighted by Gasteiger charge is 2.30. The summed E-state index contributed by atoms with van der Waals surface area (Å²) in [6.45, 7) is 4.84. The zero-order chi connectivity index (χ0) is 14.6. The monoisotopic (exact) mass is 286 g/mol. The molecule has 1 atom stereocenters. The first-order valence-corrected chi connectivity index (χ1v) is 7.08. The summed E-state index contributed by atoms with van der Waals surface area (Å²) in [5.74, 6) is 0.615. The van der Waals surface area contributed by atoms with Crippen LogP contribution in [0.3, 0.4) is 0 Å². The van der Waals surface area contributed by atoms with Crippen LogP contribution in [-0.4, -0.2) is 19.6 Å². The fraction of sp³-hybridized carbons (Fsp3) is 0.600. The largest absolute Gasteiger partial charge is 0.416 e. The maximum absolute atomic E-state index is 12.7. The Hall–Kier alpha value is -1.07. The Morgan fingerprint density at radius 3 is 2.65 bits per heavy atom. The molecule has 1 aliphatic heterocycles. The Labute approximate surface area is 117 Å². The SMILES string of the molecule is CC(NCC1CCNCC1)c1cccc(C(F)(F)F)c1. The van der Waals surface area contributed by atoms with Gasteiger partial charge in [0.25, 0.3) is 0 Å². The molecule has 0 saturated carbocycles. The van der Waals surface area contributed by atoms with Gasteiger partial charge < -0.3 is 10.6 Å². The molecule has 1 aliphatic rings. The predicted octanol–water partition coefficient (Wildman–Crippen LogP) is 3.36. The van der Waals surface area contributed by atoms with E-state index in [0.29, 0.717) is 11.5 Å². The molecule has 0 amide bonds. The van der Waals surface area contributed by atoms with Crippen LogP contribution in [0.1, 0.15) is 36.9 Å². The van der Waals surface area contributed by atoms with Crippen molar-refractivity contribution < 1.29 is 13.2 Å². The first-order valence-electron chi connectivity index (χ1n) is 7.08. The lowest BCUT2D eigenvalue weighted by Gasteiger charge is -2.25. The third-order valence-corrected chi connectivity index (χ3v) is 3.89. The van der Waals surface area contributed by atoms with Gasteiger partial charge in [0, 0.05) is 6.04 Å². The summed E-state index contributed by atoms with van der Waals surface area (Å²) in [6.07, 6.45) is -2.02. The van der Waals surface area contributed by atoms with E-state index in [1.54, 1.807) is 6.07 Å². The molecule has 2 N–H and O–H groups in total. The smallest absolute Gasteiger partial charge is 0.317 e. The Morgan fingerprint density at radius 1 is 1.30 bits per heavy atom. The molecule has 0 aromatic heterocycles. The van der Waals surface area contributed by atoms with Crippen molar-refractivity contribution in [1.82, 2.24) is 10.6 Å². The van der Waals surface area contributed by atoms with Gasteiger partial charge in [0.1, 0.15) is 0 Å². The Morgan fingerprint density at radius 2 is 2.00 bits per heavy atom. The van der Waals surface area contributed by atoms with Crippen molar-refractivity contribution in [2.75, 3.05) is 19.6 Å². The maximum atomic E-state index is 12.7. The summed E-state index contributed by atoms with van der Waals surface area (Å²) in [5, 5.41) is 6.66. The highest BCUT2D eigenvalue weighted by atomic mass is 19.4. The van der Waals surface area contributed by atoms with Gasteiger partial charge in [-0.05, 0) is 63.0 Å². The molecule has 1 aromatic carbocycles. The van der Waals surface area contributed by atoms with E-state index in [1.807, 2.05) is 6.92 Å². The van der Waals surface area contributed by atoms with Gasteiger partial charge in [0.15, 0.2) is 0 Å². The van der Waals surface area contributed by atoms with Gasteiger partial charge in [-0.25, -0.2) is 0 Å². The normalized spacial score (nSPS) is 19.0. The van der Waals surface area contributed by atoms with Crippen molar-refractivity contribution in [3.05, 3.63) is 35.4 Å². The van der Waals surface area contributed by atoms with E-state index in [2.05, 4.69) is 10.6 Å². The second-order valence-electron chi connectivity index (χ2n) is 5.45. The lowest BCUT2D eigenvalue weighted by molar-refractivity contribution is -0.137. The van der Waals surface area contributed by atoms with Gasteiger partial charge in [-0.1, -0.05) is 12.1 Å². The van der Waals surface area contributed by atoms with Crippen molar-refractivity contribution in [3.63, 3.8) is 0 Å². The summed E-state index contributed by atoms with van der Waals surface area (Å²) in [5.41, 5.74) is 0.110. The number of nitrogens with one attached hydrogen (secondary N) is 2. The molecule has 20 heavy (non-hydrogen) atoms. The molecule has 1 heterocycles. The molecule has 1 aromatic rings. The number of rotatable bonds is 4. The van der Waals surface area contributed by atoms with Crippen LogP contribution in [0.4, 0.5) is 13.2 Å². The molecule has 0 spiro atoms. The van der Waals surface area contributed by atoms with E-state index in [0.717, 1.165) is 38.5 Å². The minimum Gasteiger partial charge on any atom is -0.317 e. The molecular formula is C15H21F3N2. The summed E-state index contributed by atoms with van der Waals surface area (Å²) >= 11 is 0. The standard InChI is InChI=1S/C15H21F3N2/c1-11(20-10-12-5-7-19-8-6-12)13-3-2-4-14(9-13)15(16,17)18/h2-4,9,11-12,19-20H,5-8,10H2,1H3. The third-order valence-electron chi connectivity index (χ3n) is 3.89. The van der Waals surface area contributed by atoms with Crippen LogP contribution < -0.4 is 10.6 Å². The Bertz CT molecular complexity index is 425. The summed E-state index contributed by atoms with van der Waals surface area (Å²) in [7, 11) is 0. The Balaban J connectivity index is 1.93. The summed E-state index contributed by atoms with van der Waals surface area (Å²) in [6, 6.07) is 5.51. The number of benzene rings is 1. The molecule has 1 saturated heterocycles. The molecule has 1 unspecified atom stereocenters. The van der Waals surface area contributed by atoms with E-state index < -0.39 is 11.7 Å². The zero-order valence-electron chi connectivity index (χ0n) is 11.6. The Kier molecular flexibility index (Phi) is 5.05. The van der Waals surface area contributed by atoms with Gasteiger partial charge in [-0.2, -0.15) is 13.2 Å². The molecule has 1 fully saturated rings. The zero-order valence-corrected chi connectivity index (χ0v) is 11.6. The molecule has 0 radical (unpaired) electrons. The number of halogens is 3. The first-order chi connectivity index (χ1) is 9.47. The maximum Gasteiger partial charge on any atom is 0.416 e. The van der Waals surface area contributed by atoms with Crippen LogP contribution in [0.2, 0.25) is 0 Å². The van der Waals surface area contributed by atoms with Crippen molar-refractivity contribution in [3.8, 4) is 0 Å². The van der Waals surface area contributed by atoms with Crippen LogP contribution in [0, 0.1) is 5.92 Å². The van der Waals surface area contributed by atoms with Crippen molar-refractivity contribution in [1.29, 1.82) is 0 Å². The second kappa shape index (κ2) is 6.59. The second-order valence-corrected chi connectivity index (χ2v) is 5.45. The van der Waals surface area contributed by atoms with Crippen molar-refractivity contribution in [2.45, 2.75) is 32.0 Å². The van der Waals surface area contributed by atoms with Crippen LogP contribution in [0.25, 0.3) is 0 Å². The molecule has 112 valence electrons. The molecule has 0 aliphatic carbocycles. The fourth-order valence-electron chi connectivity index (χ4n) is 2.53. The van der Waals surface area contributed by atoms with Crippen LogP contribution in [0.5, 0.6) is 0 Å². The van der Waals surface area contributed by atoms with Gasteiger partial charge in [-0.15, -0.1) is 0 Å². The van der Waals surface area contributed by atoms with Crippen LogP contribution in [-0.2, 0) is 6.18 Å². The quantitative estimate of drug-likeness (QED) is 0.887. The molecular weight excluding hydrogens is 265 g/mol. The number of piperidine rings is 1. The fourth-order valence-corrected chi connectivity index (χ4v) is 2.53. The van der Waals surface area contributed by atoms with Crippen molar-refractivity contribution in [2.24, 2.45) is 5.92 Å². The topological polar surface area (TPSA) is 24.1 Å². The number of hydrogen-bond acceptors (Lipinski definition) is 2. The molecule has 5 heteroatoms. The van der Waals surface area contributed by atoms with E-state index in [9.17, 15) is 13.2 Å². The average molecular weight is 286 g/mol. The molecule has 2 nitrogen and oxygen atoms in total. The lowest BCUT2D eigenvalue weighted by atomic mass is 9.97. The minimum absolute atomic E-state index is 0.0628. The van der Waals surface area contributed by atoms with E-state index in [1.165, 1.54) is 12.1 Å². The van der Waals surface area contributed by atoms with E-state index in [4.69, 9.17) is 0 Å². The van der Waals surface area contributed by atoms with E-state index >= 15 is 0 Å². The van der Waals surface area contributed by atoms with Gasteiger partial charge in [0.05, 0.1) is 5.56 Å². The number of alkyl halides is 3. The van der Waals surface area contributed by atoms with Gasteiger partial charge >= 0.3 is 6.18 Å². The van der Waals surface area contributed by atoms with E-state index in [-0.39, 0.29) is 6.04 Å². The number of hydrogen-bond donors (Lipinski definition) is 2. The predicted molar refractivity (Wildman–Crippen MR) is 73.5 cm³/mol. The van der Waals surface area contributed by atoms with Gasteiger partial charge in [0.2, 0.25) is 0 Å². The first kappa shape index (κ1) is 15.3. The minimum atomic E-state index is -4.27. The summed E-state index contributed by atoms with van der Waals surface area (Å²) < 4.78 is 38.0. The molecule has 0 bridgehead atoms. The highest BCUT2D eigenvalue weighted by Crippen LogP contribution is 2.30. The van der Waals surface area contributed by atoms with Crippen LogP contribution >= 0.6 is 0 Å². The van der Waals surface area contributed by atoms with Crippen molar-refractivity contribution >= 4 is 0 Å². The lowest BCUT2D eigenvalue weighted by Crippen LogP contribution is -2.34. The summed E-state index contributed by atoms with van der Waals surface area (Å²) in [4.78, 5) is 0. The highest BCUT2D eigenvalue weighted by molar-refractivity contribution is 5.27. The third kappa shape index (κ3) is 4.21. The average Bonchev–Trinajstić information content (AvgIpc) is 2.45.